The van der Waals surface area contributed by atoms with Gasteiger partial charge in [-0.2, -0.15) is 0 Å². The fourth-order valence-electron chi connectivity index (χ4n) is 1.71. The molecule has 1 aromatic rings. The fraction of sp³-hybridized carbons (Fsp3) is 0.600. The molecule has 0 spiro atoms. The predicted octanol–water partition coefficient (Wildman–Crippen LogP) is 1.46. The minimum Gasteiger partial charge on any atom is -0.477 e. The summed E-state index contributed by atoms with van der Waals surface area (Å²) in [6, 6.07) is 0. The lowest BCUT2D eigenvalue weighted by Gasteiger charge is -2.19. The van der Waals surface area contributed by atoms with E-state index in [1.165, 1.54) is 17.5 Å². The van der Waals surface area contributed by atoms with E-state index in [0.717, 1.165) is 31.1 Å². The number of rotatable bonds is 4. The fourth-order valence-corrected chi connectivity index (χ4v) is 2.44. The first-order valence-electron chi connectivity index (χ1n) is 5.18. The third kappa shape index (κ3) is 2.51. The lowest BCUT2D eigenvalue weighted by Crippen LogP contribution is -2.28. The molecule has 1 atom stereocenters. The molecule has 0 bridgehead atoms. The molecule has 1 unspecified atom stereocenters. The molecule has 0 amide bonds. The van der Waals surface area contributed by atoms with Gasteiger partial charge < -0.3 is 14.7 Å². The summed E-state index contributed by atoms with van der Waals surface area (Å²) in [6.45, 7) is 1.60. The Hall–Kier alpha value is -1.14. The standard InChI is InChI=1S/C10H14N2O3S/c1-12(6-7-3-2-4-15-7)10-11-5-8(16-10)9(13)14/h5,7H,2-4,6H2,1H3,(H,13,14). The van der Waals surface area contributed by atoms with Gasteiger partial charge in [0, 0.05) is 20.2 Å². The van der Waals surface area contributed by atoms with E-state index in [1.807, 2.05) is 11.9 Å². The Labute approximate surface area is 97.7 Å². The molecule has 1 N–H and O–H groups in total. The number of aromatic carboxylic acids is 1. The summed E-state index contributed by atoms with van der Waals surface area (Å²) >= 11 is 1.19. The normalized spacial score (nSPS) is 19.9. The van der Waals surface area contributed by atoms with Crippen LogP contribution >= 0.6 is 11.3 Å². The Morgan fingerprint density at radius 3 is 3.19 bits per heavy atom. The van der Waals surface area contributed by atoms with E-state index >= 15 is 0 Å². The molecule has 0 saturated carbocycles. The van der Waals surface area contributed by atoms with Crippen LogP contribution in [0.25, 0.3) is 0 Å². The molecule has 5 nitrogen and oxygen atoms in total. The Morgan fingerprint density at radius 2 is 2.62 bits per heavy atom. The monoisotopic (exact) mass is 242 g/mol. The van der Waals surface area contributed by atoms with Crippen molar-refractivity contribution in [3.8, 4) is 0 Å². The van der Waals surface area contributed by atoms with Gasteiger partial charge in [0.1, 0.15) is 4.88 Å². The average Bonchev–Trinajstić information content (AvgIpc) is 2.86. The third-order valence-electron chi connectivity index (χ3n) is 2.53. The highest BCUT2D eigenvalue weighted by Crippen LogP contribution is 2.23. The van der Waals surface area contributed by atoms with Gasteiger partial charge in [-0.1, -0.05) is 11.3 Å². The average molecular weight is 242 g/mol. The van der Waals surface area contributed by atoms with E-state index < -0.39 is 5.97 Å². The topological polar surface area (TPSA) is 62.7 Å². The summed E-state index contributed by atoms with van der Waals surface area (Å²) in [5.74, 6) is -0.922. The SMILES string of the molecule is CN(CC1CCCO1)c1ncc(C(=O)O)s1. The molecule has 88 valence electrons. The molecule has 1 fully saturated rings. The highest BCUT2D eigenvalue weighted by Gasteiger charge is 2.19. The molecule has 16 heavy (non-hydrogen) atoms. The zero-order chi connectivity index (χ0) is 11.5. The highest BCUT2D eigenvalue weighted by atomic mass is 32.1. The van der Waals surface area contributed by atoms with Gasteiger partial charge in [0.25, 0.3) is 0 Å². The van der Waals surface area contributed by atoms with E-state index in [1.54, 1.807) is 0 Å². The third-order valence-corrected chi connectivity index (χ3v) is 3.63. The Bertz CT molecular complexity index is 374. The predicted molar refractivity (Wildman–Crippen MR) is 61.3 cm³/mol. The molecule has 6 heteroatoms. The molecule has 0 radical (unpaired) electrons. The molecule has 0 aromatic carbocycles. The summed E-state index contributed by atoms with van der Waals surface area (Å²) < 4.78 is 5.52. The Morgan fingerprint density at radius 1 is 1.81 bits per heavy atom. The number of carboxylic acids is 1. The quantitative estimate of drug-likeness (QED) is 0.866. The van der Waals surface area contributed by atoms with Gasteiger partial charge in [-0.25, -0.2) is 9.78 Å². The van der Waals surface area contributed by atoms with Crippen molar-refractivity contribution in [2.75, 3.05) is 25.1 Å². The van der Waals surface area contributed by atoms with E-state index in [9.17, 15) is 4.79 Å². The van der Waals surface area contributed by atoms with Crippen LogP contribution in [0.15, 0.2) is 6.20 Å². The molecular formula is C10H14N2O3S. The van der Waals surface area contributed by atoms with Crippen LogP contribution in [-0.4, -0.2) is 42.4 Å². The van der Waals surface area contributed by atoms with Crippen molar-refractivity contribution in [3.63, 3.8) is 0 Å². The number of carboxylic acid groups (broad SMARTS) is 1. The van der Waals surface area contributed by atoms with Crippen molar-refractivity contribution >= 4 is 22.4 Å². The Kier molecular flexibility index (Phi) is 3.40. The molecule has 2 heterocycles. The van der Waals surface area contributed by atoms with Gasteiger partial charge in [0.15, 0.2) is 5.13 Å². The van der Waals surface area contributed by atoms with E-state index in [0.29, 0.717) is 0 Å². The maximum absolute atomic E-state index is 10.7. The van der Waals surface area contributed by atoms with Crippen LogP contribution in [0.5, 0.6) is 0 Å². The molecule has 1 aliphatic rings. The Balaban J connectivity index is 1.96. The largest absolute Gasteiger partial charge is 0.477 e. The van der Waals surface area contributed by atoms with Crippen molar-refractivity contribution in [1.82, 2.24) is 4.98 Å². The zero-order valence-electron chi connectivity index (χ0n) is 9.05. The smallest absolute Gasteiger partial charge is 0.347 e. The second-order valence-corrected chi connectivity index (χ2v) is 4.84. The van der Waals surface area contributed by atoms with Crippen LogP contribution < -0.4 is 4.90 Å². The molecular weight excluding hydrogens is 228 g/mol. The molecule has 0 aliphatic carbocycles. The number of nitrogens with zero attached hydrogens (tertiary/aromatic N) is 2. The van der Waals surface area contributed by atoms with Crippen LogP contribution in [0.4, 0.5) is 5.13 Å². The maximum atomic E-state index is 10.7. The number of hydrogen-bond donors (Lipinski definition) is 1. The van der Waals surface area contributed by atoms with Gasteiger partial charge in [0.05, 0.1) is 12.3 Å². The number of carbonyl (C=O) groups is 1. The number of hydrogen-bond acceptors (Lipinski definition) is 5. The zero-order valence-corrected chi connectivity index (χ0v) is 9.87. The number of anilines is 1. The van der Waals surface area contributed by atoms with Gasteiger partial charge >= 0.3 is 5.97 Å². The minimum absolute atomic E-state index is 0.252. The first-order chi connectivity index (χ1) is 7.66. The van der Waals surface area contributed by atoms with Crippen molar-refractivity contribution in [3.05, 3.63) is 11.1 Å². The molecule has 1 saturated heterocycles. The van der Waals surface area contributed by atoms with Crippen LogP contribution in [0, 0.1) is 0 Å². The lowest BCUT2D eigenvalue weighted by molar-refractivity contribution is 0.0702. The summed E-state index contributed by atoms with van der Waals surface area (Å²) in [5, 5.41) is 9.52. The van der Waals surface area contributed by atoms with Crippen molar-refractivity contribution in [2.45, 2.75) is 18.9 Å². The van der Waals surface area contributed by atoms with Gasteiger partial charge in [-0.15, -0.1) is 0 Å². The van der Waals surface area contributed by atoms with Crippen LogP contribution in [0.3, 0.4) is 0 Å². The van der Waals surface area contributed by atoms with E-state index in [4.69, 9.17) is 9.84 Å². The van der Waals surface area contributed by atoms with Crippen LogP contribution in [0.2, 0.25) is 0 Å². The minimum atomic E-state index is -0.922. The number of aromatic nitrogens is 1. The first kappa shape index (κ1) is 11.3. The highest BCUT2D eigenvalue weighted by molar-refractivity contribution is 7.17. The van der Waals surface area contributed by atoms with E-state index in [2.05, 4.69) is 4.98 Å². The van der Waals surface area contributed by atoms with Crippen LogP contribution in [-0.2, 0) is 4.74 Å². The van der Waals surface area contributed by atoms with E-state index in [-0.39, 0.29) is 11.0 Å². The summed E-state index contributed by atoms with van der Waals surface area (Å²) in [5.41, 5.74) is 0. The van der Waals surface area contributed by atoms with Gasteiger partial charge in [-0.3, -0.25) is 0 Å². The molecule has 1 aromatic heterocycles. The number of likely N-dealkylation sites (N-methyl/N-ethyl adjacent to an activating group) is 1. The maximum Gasteiger partial charge on any atom is 0.347 e. The summed E-state index contributed by atoms with van der Waals surface area (Å²) in [6.07, 6.45) is 3.83. The second-order valence-electron chi connectivity index (χ2n) is 3.83. The summed E-state index contributed by atoms with van der Waals surface area (Å²) in [4.78, 5) is 17.0. The van der Waals surface area contributed by atoms with Crippen molar-refractivity contribution in [1.29, 1.82) is 0 Å². The number of ether oxygens (including phenoxy) is 1. The van der Waals surface area contributed by atoms with Gasteiger partial charge in [0.2, 0.25) is 0 Å². The van der Waals surface area contributed by atoms with Crippen LogP contribution in [0.1, 0.15) is 22.5 Å². The van der Waals surface area contributed by atoms with Crippen molar-refractivity contribution < 1.29 is 14.6 Å². The second kappa shape index (κ2) is 4.80. The molecule has 1 aliphatic heterocycles. The lowest BCUT2D eigenvalue weighted by atomic mass is 10.2. The molecule has 2 rings (SSSR count). The summed E-state index contributed by atoms with van der Waals surface area (Å²) in [7, 11) is 1.91. The van der Waals surface area contributed by atoms with Gasteiger partial charge in [-0.05, 0) is 12.8 Å². The van der Waals surface area contributed by atoms with Crippen molar-refractivity contribution in [2.24, 2.45) is 0 Å². The first-order valence-corrected chi connectivity index (χ1v) is 6.00. The number of thiazole rings is 1.